The average Bonchev–Trinajstić information content (AvgIpc) is 3.07. The summed E-state index contributed by atoms with van der Waals surface area (Å²) in [5.74, 6) is -0.300. The number of nitrogens with one attached hydrogen (secondary N) is 1. The normalized spacial score (nSPS) is 11.0. The molecule has 0 radical (unpaired) electrons. The lowest BCUT2D eigenvalue weighted by Gasteiger charge is -2.14. The number of aromatic nitrogens is 4. The Balaban J connectivity index is 1.89. The van der Waals surface area contributed by atoms with Gasteiger partial charge < -0.3 is 19.4 Å². The first-order valence-electron chi connectivity index (χ1n) is 8.66. The lowest BCUT2D eigenvalue weighted by Crippen LogP contribution is -2.42. The lowest BCUT2D eigenvalue weighted by molar-refractivity contribution is -0.116. The number of halogens is 1. The van der Waals surface area contributed by atoms with Crippen LogP contribution in [0.4, 0.5) is 5.69 Å². The van der Waals surface area contributed by atoms with Gasteiger partial charge in [0, 0.05) is 21.2 Å². The van der Waals surface area contributed by atoms with Crippen LogP contribution in [0.25, 0.3) is 11.2 Å². The number of fused-ring (bicyclic) bond motifs is 1. The van der Waals surface area contributed by atoms with Crippen LogP contribution < -0.4 is 21.3 Å². The number of nitrogens with zero attached hydrogens (tertiary/aromatic N) is 4. The molecule has 0 aliphatic heterocycles. The molecule has 0 unspecified atom stereocenters. The number of methoxy groups -OCH3 is 1. The smallest absolute Gasteiger partial charge is 0.332 e. The molecule has 0 aliphatic carbocycles. The Morgan fingerprint density at radius 2 is 2.00 bits per heavy atom. The zero-order valence-electron chi connectivity index (χ0n) is 16.1. The fourth-order valence-electron chi connectivity index (χ4n) is 2.85. The van der Waals surface area contributed by atoms with Crippen LogP contribution >= 0.6 is 11.6 Å². The van der Waals surface area contributed by atoms with Crippen molar-refractivity contribution in [3.8, 4) is 5.75 Å². The summed E-state index contributed by atoms with van der Waals surface area (Å²) < 4.78 is 14.1. The molecule has 0 spiro atoms. The average molecular weight is 422 g/mol. The van der Waals surface area contributed by atoms with Gasteiger partial charge in [-0.15, -0.1) is 0 Å². The summed E-state index contributed by atoms with van der Waals surface area (Å²) in [6.07, 6.45) is 1.44. The Bertz CT molecular complexity index is 1180. The molecular formula is C18H20ClN5O5. The van der Waals surface area contributed by atoms with Gasteiger partial charge in [0.2, 0.25) is 5.91 Å². The molecule has 2 heterocycles. The number of hydrogen-bond donors (Lipinski definition) is 1. The number of ether oxygens (including phenoxy) is 2. The first-order chi connectivity index (χ1) is 13.8. The second-order valence-electron chi connectivity index (χ2n) is 6.27. The largest absolute Gasteiger partial charge is 0.487 e. The maximum Gasteiger partial charge on any atom is 0.332 e. The summed E-state index contributed by atoms with van der Waals surface area (Å²) in [7, 11) is 4.67. The summed E-state index contributed by atoms with van der Waals surface area (Å²) in [5.41, 5.74) is -0.431. The van der Waals surface area contributed by atoms with Gasteiger partial charge in [-0.2, -0.15) is 0 Å². The Hall–Kier alpha value is -3.11. The molecule has 10 nitrogen and oxygen atoms in total. The first-order valence-corrected chi connectivity index (χ1v) is 9.04. The van der Waals surface area contributed by atoms with Crippen molar-refractivity contribution in [2.75, 3.05) is 25.6 Å². The molecule has 0 saturated heterocycles. The van der Waals surface area contributed by atoms with E-state index in [1.54, 1.807) is 25.2 Å². The number of para-hydroxylation sites is 1. The van der Waals surface area contributed by atoms with Crippen molar-refractivity contribution >= 4 is 34.4 Å². The Morgan fingerprint density at radius 1 is 1.24 bits per heavy atom. The van der Waals surface area contributed by atoms with Gasteiger partial charge in [0.05, 0.1) is 23.6 Å². The van der Waals surface area contributed by atoms with E-state index in [1.165, 1.54) is 29.6 Å². The minimum atomic E-state index is -0.640. The fraction of sp³-hybridized carbons (Fsp3) is 0.333. The van der Waals surface area contributed by atoms with E-state index in [-0.39, 0.29) is 23.5 Å². The van der Waals surface area contributed by atoms with Crippen molar-refractivity contribution in [3.63, 3.8) is 0 Å². The van der Waals surface area contributed by atoms with Crippen molar-refractivity contribution in [2.45, 2.75) is 6.54 Å². The van der Waals surface area contributed by atoms with Crippen LogP contribution in [0.2, 0.25) is 5.02 Å². The zero-order chi connectivity index (χ0) is 21.1. The third kappa shape index (κ3) is 4.03. The number of aryl methyl sites for hydroxylation is 2. The topological polar surface area (TPSA) is 109 Å². The number of carbonyl (C=O) groups excluding carboxylic acids is 1. The zero-order valence-corrected chi connectivity index (χ0v) is 16.9. The predicted molar refractivity (Wildman–Crippen MR) is 108 cm³/mol. The minimum Gasteiger partial charge on any atom is -0.487 e. The highest BCUT2D eigenvalue weighted by atomic mass is 35.5. The van der Waals surface area contributed by atoms with Crippen molar-refractivity contribution in [2.24, 2.45) is 14.1 Å². The van der Waals surface area contributed by atoms with Gasteiger partial charge in [0.1, 0.15) is 13.2 Å². The van der Waals surface area contributed by atoms with E-state index in [0.29, 0.717) is 17.3 Å². The second-order valence-corrected chi connectivity index (χ2v) is 6.67. The third-order valence-electron chi connectivity index (χ3n) is 4.28. The number of anilines is 1. The number of benzene rings is 1. The van der Waals surface area contributed by atoms with Crippen LogP contribution in [0, 0.1) is 0 Å². The molecular weight excluding hydrogens is 402 g/mol. The van der Waals surface area contributed by atoms with Crippen LogP contribution in [0.3, 0.4) is 0 Å². The number of hydrogen-bond acceptors (Lipinski definition) is 6. The van der Waals surface area contributed by atoms with E-state index in [2.05, 4.69) is 10.3 Å². The monoisotopic (exact) mass is 421 g/mol. The molecule has 3 aromatic rings. The van der Waals surface area contributed by atoms with Gasteiger partial charge >= 0.3 is 5.69 Å². The van der Waals surface area contributed by atoms with E-state index >= 15 is 0 Å². The van der Waals surface area contributed by atoms with Crippen molar-refractivity contribution < 1.29 is 14.3 Å². The molecule has 0 fully saturated rings. The first kappa shape index (κ1) is 20.6. The summed E-state index contributed by atoms with van der Waals surface area (Å²) in [6.45, 7) is 0.103. The van der Waals surface area contributed by atoms with Crippen LogP contribution in [-0.4, -0.2) is 44.9 Å². The minimum absolute atomic E-state index is 0.228. The molecule has 1 aromatic carbocycles. The van der Waals surface area contributed by atoms with Crippen LogP contribution in [0.5, 0.6) is 5.75 Å². The van der Waals surface area contributed by atoms with Gasteiger partial charge in [-0.05, 0) is 12.1 Å². The van der Waals surface area contributed by atoms with E-state index in [9.17, 15) is 14.4 Å². The molecule has 154 valence electrons. The van der Waals surface area contributed by atoms with E-state index < -0.39 is 23.7 Å². The summed E-state index contributed by atoms with van der Waals surface area (Å²) in [6, 6.07) is 4.88. The highest BCUT2D eigenvalue weighted by Crippen LogP contribution is 2.32. The quantitative estimate of drug-likeness (QED) is 0.564. The molecule has 29 heavy (non-hydrogen) atoms. The number of rotatable bonds is 7. The van der Waals surface area contributed by atoms with Gasteiger partial charge in [-0.3, -0.25) is 14.2 Å². The van der Waals surface area contributed by atoms with Crippen LogP contribution in [-0.2, 0) is 30.2 Å². The fourth-order valence-corrected chi connectivity index (χ4v) is 3.08. The SMILES string of the molecule is COCCOc1c(Cl)cccc1NC(=O)Cn1c(=O)c2c(ncn2C)n(C)c1=O. The molecule has 3 rings (SSSR count). The molecule has 0 saturated carbocycles. The standard InChI is InChI=1S/C18H20ClN5O5/c1-22-10-20-16-14(22)17(26)24(18(27)23(16)2)9-13(25)21-12-6-4-5-11(19)15(12)29-8-7-28-3/h4-6,10H,7-9H2,1-3H3,(H,21,25). The Labute approximate surface area is 170 Å². The maximum atomic E-state index is 12.7. The number of amides is 1. The van der Waals surface area contributed by atoms with Crippen LogP contribution in [0.15, 0.2) is 34.1 Å². The van der Waals surface area contributed by atoms with E-state index in [4.69, 9.17) is 21.1 Å². The highest BCUT2D eigenvalue weighted by molar-refractivity contribution is 6.32. The van der Waals surface area contributed by atoms with E-state index in [1.807, 2.05) is 0 Å². The summed E-state index contributed by atoms with van der Waals surface area (Å²) in [4.78, 5) is 41.9. The van der Waals surface area contributed by atoms with Gasteiger partial charge in [0.25, 0.3) is 5.56 Å². The molecule has 0 aliphatic rings. The molecule has 2 aromatic heterocycles. The summed E-state index contributed by atoms with van der Waals surface area (Å²) in [5, 5.41) is 2.95. The van der Waals surface area contributed by atoms with Crippen molar-refractivity contribution in [1.82, 2.24) is 18.7 Å². The summed E-state index contributed by atoms with van der Waals surface area (Å²) >= 11 is 6.16. The molecule has 11 heteroatoms. The lowest BCUT2D eigenvalue weighted by atomic mass is 10.3. The molecule has 1 amide bonds. The van der Waals surface area contributed by atoms with Gasteiger partial charge in [-0.1, -0.05) is 17.7 Å². The third-order valence-corrected chi connectivity index (χ3v) is 4.58. The second kappa shape index (κ2) is 8.50. The van der Waals surface area contributed by atoms with Crippen molar-refractivity contribution in [1.29, 1.82) is 0 Å². The maximum absolute atomic E-state index is 12.7. The number of carbonyl (C=O) groups is 1. The van der Waals surface area contributed by atoms with Crippen LogP contribution in [0.1, 0.15) is 0 Å². The highest BCUT2D eigenvalue weighted by Gasteiger charge is 2.18. The molecule has 0 bridgehead atoms. The molecule has 0 atom stereocenters. The molecule has 1 N–H and O–H groups in total. The van der Waals surface area contributed by atoms with Crippen molar-refractivity contribution in [3.05, 3.63) is 50.4 Å². The van der Waals surface area contributed by atoms with E-state index in [0.717, 1.165) is 4.57 Å². The van der Waals surface area contributed by atoms with Gasteiger partial charge in [-0.25, -0.2) is 14.3 Å². The van der Waals surface area contributed by atoms with Gasteiger partial charge in [0.15, 0.2) is 16.9 Å². The number of imidazole rings is 1. The predicted octanol–water partition coefficient (Wildman–Crippen LogP) is 0.751. The Kier molecular flexibility index (Phi) is 6.04. The Morgan fingerprint density at radius 3 is 2.72 bits per heavy atom.